The minimum atomic E-state index is -4.92. The van der Waals surface area contributed by atoms with Gasteiger partial charge in [-0.15, -0.1) is 13.2 Å². The maximum atomic E-state index is 13.7. The Morgan fingerprint density at radius 3 is 2.17 bits per heavy atom. The van der Waals surface area contributed by atoms with Crippen molar-refractivity contribution < 1.29 is 41.8 Å². The zero-order chi connectivity index (χ0) is 45.7. The Kier molecular flexibility index (Phi) is 17.7. The van der Waals surface area contributed by atoms with Crippen molar-refractivity contribution in [1.82, 2.24) is 34.9 Å². The molecule has 1 saturated carbocycles. The predicted octanol–water partition coefficient (Wildman–Crippen LogP) is 7.46. The quantitative estimate of drug-likeness (QED) is 0.145. The van der Waals surface area contributed by atoms with Gasteiger partial charge in [-0.1, -0.05) is 45.4 Å². The van der Waals surface area contributed by atoms with E-state index < -0.39 is 12.1 Å². The number of likely N-dealkylation sites (tertiary alicyclic amines) is 2. The number of nitrogens with zero attached hydrogens (tertiary/aromatic N) is 5. The van der Waals surface area contributed by atoms with Gasteiger partial charge in [-0.2, -0.15) is 0 Å². The maximum Gasteiger partial charge on any atom is 0.573 e. The van der Waals surface area contributed by atoms with Gasteiger partial charge in [0, 0.05) is 80.5 Å². The number of imidazole rings is 1. The summed E-state index contributed by atoms with van der Waals surface area (Å²) in [4.78, 5) is 60.8. The van der Waals surface area contributed by atoms with Crippen molar-refractivity contribution in [2.75, 3.05) is 78.9 Å². The molecular weight excluding hydrogens is 818 g/mol. The van der Waals surface area contributed by atoms with Crippen molar-refractivity contribution in [1.29, 1.82) is 0 Å². The molecule has 3 aliphatic heterocycles. The lowest BCUT2D eigenvalue weighted by molar-refractivity contribution is -0.274. The summed E-state index contributed by atoms with van der Waals surface area (Å²) >= 11 is 0. The van der Waals surface area contributed by atoms with E-state index in [2.05, 4.69) is 62.7 Å². The number of likely N-dealkylation sites (N-methyl/N-ethyl adjacent to an activating group) is 1. The van der Waals surface area contributed by atoms with Crippen LogP contribution in [0.5, 0.6) is 5.75 Å². The summed E-state index contributed by atoms with van der Waals surface area (Å²) in [6.45, 7) is 12.3. The van der Waals surface area contributed by atoms with E-state index in [9.17, 15) is 27.6 Å². The molecule has 4 fully saturated rings. The van der Waals surface area contributed by atoms with Crippen LogP contribution in [0.2, 0.25) is 0 Å². The lowest BCUT2D eigenvalue weighted by Gasteiger charge is -2.42. The topological polar surface area (TPSA) is 152 Å². The number of benzene rings is 3. The molecule has 4 aliphatic rings. The molecular formula is C46H63F3N8O6. The second-order valence-corrected chi connectivity index (χ2v) is 16.6. The number of hydrogen-bond acceptors (Lipinski definition) is 10. The van der Waals surface area contributed by atoms with Crippen molar-refractivity contribution in [3.05, 3.63) is 54.4 Å². The molecule has 2 unspecified atom stereocenters. The van der Waals surface area contributed by atoms with E-state index in [4.69, 9.17) is 9.78 Å². The monoisotopic (exact) mass is 880 g/mol. The number of urea groups is 1. The number of carbonyl (C=O) groups is 4. The highest BCUT2D eigenvalue weighted by atomic mass is 19.4. The molecule has 3 amide bonds. The number of methoxy groups -OCH3 is 1. The van der Waals surface area contributed by atoms with Crippen LogP contribution in [0.25, 0.3) is 32.9 Å². The normalized spacial score (nSPS) is 19.5. The first kappa shape index (κ1) is 48.8. The minimum absolute atomic E-state index is 0.214. The van der Waals surface area contributed by atoms with Crippen LogP contribution in [0.15, 0.2) is 48.5 Å². The molecule has 1 aliphatic carbocycles. The standard InChI is InChI=1S/C38H44F3N7O3.C3H7NO.C3H8.C2H4O2/c1-23-19-32(45(2)22-23)35-43-31-10-6-26-20-25(5-8-30(26)34(31)44-35)29-9-7-27(21-33(29)51-38(39,40)41)42-37(50)48-17-15-46(16-18-48)28-11-13-47(14-12-28)36(49)24-3-4-24;1-4-2-3-5;1-3-2;1-4-2-3/h5-10,20-21,23-24,28,32H,3-4,11-19,22H2,1-2H3,(H,42,50)(H,43,44);3-4H,2H2,1H3;3H2,1-2H3;2H,1H3. The first-order chi connectivity index (χ1) is 30.2. The molecule has 14 nitrogen and oxygen atoms in total. The number of carbonyl (C=O) groups excluding carboxylic acids is 4. The molecule has 17 heteroatoms. The molecule has 344 valence electrons. The van der Waals surface area contributed by atoms with Gasteiger partial charge in [0.25, 0.3) is 6.47 Å². The Hall–Kier alpha value is -5.26. The largest absolute Gasteiger partial charge is 0.573 e. The zero-order valence-electron chi connectivity index (χ0n) is 37.3. The van der Waals surface area contributed by atoms with Crippen LogP contribution in [0.4, 0.5) is 23.7 Å². The van der Waals surface area contributed by atoms with Gasteiger partial charge in [0.05, 0.1) is 30.7 Å². The summed E-state index contributed by atoms with van der Waals surface area (Å²) in [5, 5.41) is 7.19. The molecule has 2 atom stereocenters. The van der Waals surface area contributed by atoms with Crippen molar-refractivity contribution in [3.63, 3.8) is 0 Å². The number of rotatable bonds is 9. The Balaban J connectivity index is 0.000000557. The van der Waals surface area contributed by atoms with Crippen molar-refractivity contribution in [2.24, 2.45) is 11.8 Å². The zero-order valence-corrected chi connectivity index (χ0v) is 37.3. The number of hydrogen-bond donors (Lipinski definition) is 3. The summed E-state index contributed by atoms with van der Waals surface area (Å²) < 4.78 is 49.4. The molecule has 0 radical (unpaired) electrons. The van der Waals surface area contributed by atoms with Crippen molar-refractivity contribution >= 4 is 52.2 Å². The van der Waals surface area contributed by atoms with Gasteiger partial charge < -0.3 is 39.7 Å². The molecule has 1 aromatic heterocycles. The lowest BCUT2D eigenvalue weighted by atomic mass is 9.99. The van der Waals surface area contributed by atoms with Gasteiger partial charge in [-0.3, -0.25) is 19.4 Å². The van der Waals surface area contributed by atoms with Crippen molar-refractivity contribution in [3.8, 4) is 16.9 Å². The molecule has 3 N–H and O–H groups in total. The number of amides is 3. The van der Waals surface area contributed by atoms with Crippen LogP contribution in [0, 0.1) is 11.8 Å². The summed E-state index contributed by atoms with van der Waals surface area (Å²) in [5.74, 6) is 1.66. The molecule has 63 heavy (non-hydrogen) atoms. The second-order valence-electron chi connectivity index (χ2n) is 16.6. The number of H-pyrrole nitrogens is 1. The van der Waals surface area contributed by atoms with E-state index in [-0.39, 0.29) is 29.2 Å². The fourth-order valence-corrected chi connectivity index (χ4v) is 8.38. The highest BCUT2D eigenvalue weighted by Crippen LogP contribution is 2.39. The van der Waals surface area contributed by atoms with E-state index in [1.54, 1.807) is 30.1 Å². The van der Waals surface area contributed by atoms with Gasteiger partial charge in [0.2, 0.25) is 5.91 Å². The Bertz CT molecular complexity index is 2130. The highest BCUT2D eigenvalue weighted by molar-refractivity contribution is 6.05. The van der Waals surface area contributed by atoms with Crippen LogP contribution in [-0.4, -0.2) is 140 Å². The number of aromatic amines is 1. The van der Waals surface area contributed by atoms with Crippen LogP contribution < -0.4 is 15.4 Å². The number of alkyl halides is 3. The number of fused-ring (bicyclic) bond motifs is 3. The second kappa shape index (κ2) is 22.9. The Morgan fingerprint density at radius 1 is 0.937 bits per heavy atom. The SMILES string of the molecule is CC1CC(c2nc3c(ccc4cc(-c5ccc(NC(=O)N6CCN(C7CCN(C(=O)C8CC8)CC7)CC6)cc5OC(F)(F)F)ccc43)[nH]2)N(C)C1.CCC.CNCC=O.COC=O. The third-order valence-electron chi connectivity index (χ3n) is 11.5. The third-order valence-corrected chi connectivity index (χ3v) is 11.5. The van der Waals surface area contributed by atoms with Gasteiger partial charge in [-0.05, 0) is 87.3 Å². The number of aldehydes is 1. The lowest BCUT2D eigenvalue weighted by Crippen LogP contribution is -2.55. The van der Waals surface area contributed by atoms with E-state index in [1.165, 1.54) is 19.6 Å². The molecule has 4 heterocycles. The van der Waals surface area contributed by atoms with Crippen molar-refractivity contribution in [2.45, 2.75) is 77.7 Å². The average Bonchev–Trinajstić information content (AvgIpc) is 3.94. The molecule has 8 rings (SSSR count). The molecule has 3 aromatic carbocycles. The summed E-state index contributed by atoms with van der Waals surface area (Å²) in [5.41, 5.74) is 2.78. The van der Waals surface area contributed by atoms with Gasteiger partial charge in [0.1, 0.15) is 17.9 Å². The van der Waals surface area contributed by atoms with E-state index in [0.29, 0.717) is 62.6 Å². The number of halogens is 3. The summed E-state index contributed by atoms with van der Waals surface area (Å²) in [7, 11) is 5.15. The van der Waals surface area contributed by atoms with Gasteiger partial charge in [0.15, 0.2) is 0 Å². The number of ether oxygens (including phenoxy) is 2. The maximum absolute atomic E-state index is 13.7. The molecule has 4 aromatic rings. The molecule has 0 spiro atoms. The fraction of sp³-hybridized carbons (Fsp3) is 0.543. The van der Waals surface area contributed by atoms with Crippen LogP contribution >= 0.6 is 0 Å². The summed E-state index contributed by atoms with van der Waals surface area (Å²) in [6.07, 6.45) is 2.07. The predicted molar refractivity (Wildman–Crippen MR) is 238 cm³/mol. The molecule has 0 bridgehead atoms. The fourth-order valence-electron chi connectivity index (χ4n) is 8.38. The first-order valence-electron chi connectivity index (χ1n) is 21.9. The first-order valence-corrected chi connectivity index (χ1v) is 21.9. The van der Waals surface area contributed by atoms with Crippen LogP contribution in [-0.2, 0) is 19.1 Å². The number of piperidine rings is 1. The van der Waals surface area contributed by atoms with E-state index in [1.807, 2.05) is 29.2 Å². The highest BCUT2D eigenvalue weighted by Gasteiger charge is 2.37. The minimum Gasteiger partial charge on any atom is -0.471 e. The summed E-state index contributed by atoms with van der Waals surface area (Å²) in [6, 6.07) is 14.1. The third kappa shape index (κ3) is 13.4. The number of anilines is 1. The smallest absolute Gasteiger partial charge is 0.471 e. The van der Waals surface area contributed by atoms with E-state index in [0.717, 1.165) is 85.7 Å². The Morgan fingerprint density at radius 2 is 1.62 bits per heavy atom. The van der Waals surface area contributed by atoms with Gasteiger partial charge >= 0.3 is 12.4 Å². The Labute approximate surface area is 367 Å². The number of piperazine rings is 1. The van der Waals surface area contributed by atoms with E-state index >= 15 is 0 Å². The number of aromatic nitrogens is 2. The average molecular weight is 881 g/mol. The van der Waals surface area contributed by atoms with Crippen LogP contribution in [0.3, 0.4) is 0 Å². The van der Waals surface area contributed by atoms with Crippen LogP contribution in [0.1, 0.15) is 71.2 Å². The molecule has 3 saturated heterocycles. The number of nitrogens with one attached hydrogen (secondary N) is 3. The van der Waals surface area contributed by atoms with Gasteiger partial charge in [-0.25, -0.2) is 9.78 Å².